The third-order valence-electron chi connectivity index (χ3n) is 5.87. The summed E-state index contributed by atoms with van der Waals surface area (Å²) in [7, 11) is -0.421. The van der Waals surface area contributed by atoms with Crippen LogP contribution < -0.4 is 11.3 Å². The van der Waals surface area contributed by atoms with E-state index in [4.69, 9.17) is 28.6 Å². The van der Waals surface area contributed by atoms with Crippen LogP contribution in [-0.4, -0.2) is 70.6 Å². The summed E-state index contributed by atoms with van der Waals surface area (Å²) in [6, 6.07) is 0. The molecule has 2 aliphatic heterocycles. The molecule has 6 heterocycles. The lowest BCUT2D eigenvalue weighted by Gasteiger charge is -2.24. The molecule has 3 N–H and O–H groups in total. The van der Waals surface area contributed by atoms with Crippen molar-refractivity contribution in [3.63, 3.8) is 0 Å². The van der Waals surface area contributed by atoms with Gasteiger partial charge in [0, 0.05) is 6.54 Å². The number of rotatable bonds is 1. The molecule has 20 heteroatoms. The van der Waals surface area contributed by atoms with Crippen molar-refractivity contribution in [3.05, 3.63) is 35.0 Å². The van der Waals surface area contributed by atoms with Crippen molar-refractivity contribution in [2.45, 2.75) is 37.8 Å². The second-order valence-corrected chi connectivity index (χ2v) is 11.9. The number of aromatic nitrogens is 8. The highest BCUT2D eigenvalue weighted by molar-refractivity contribution is 8.44. The first-order chi connectivity index (χ1) is 18.3. The van der Waals surface area contributed by atoms with E-state index in [2.05, 4.69) is 42.2 Å². The first-order valence-corrected chi connectivity index (χ1v) is 14.6. The molecule has 6 atom stereocenters. The molecule has 4 aromatic rings. The Morgan fingerprint density at radius 3 is 3.00 bits per heavy atom. The fourth-order valence-electron chi connectivity index (χ4n) is 4.22. The first-order valence-electron chi connectivity index (χ1n) is 11.1. The number of anilines is 1. The Balaban J connectivity index is 1.34. The fourth-order valence-corrected chi connectivity index (χ4v) is 6.08. The van der Waals surface area contributed by atoms with Crippen LogP contribution in [0, 0.1) is 0 Å². The number of alkyl halides is 1. The van der Waals surface area contributed by atoms with E-state index in [0.717, 1.165) is 0 Å². The van der Waals surface area contributed by atoms with Crippen molar-refractivity contribution in [3.8, 4) is 0 Å². The number of thiol groups is 1. The summed E-state index contributed by atoms with van der Waals surface area (Å²) >= 11 is 4.07. The van der Waals surface area contributed by atoms with Crippen molar-refractivity contribution >= 4 is 56.4 Å². The minimum absolute atomic E-state index is 0.0166. The maximum atomic E-state index is 15.6. The second kappa shape index (κ2) is 10.2. The average molecular weight is 587 g/mol. The quantitative estimate of drug-likeness (QED) is 0.213. The van der Waals surface area contributed by atoms with Crippen LogP contribution >= 0.6 is 28.1 Å². The minimum Gasteiger partial charge on any atom is -0.369 e. The van der Waals surface area contributed by atoms with Gasteiger partial charge < -0.3 is 24.1 Å². The number of aromatic amines is 1. The van der Waals surface area contributed by atoms with Crippen molar-refractivity contribution in [1.29, 1.82) is 0 Å². The smallest absolute Gasteiger partial charge is 0.369 e. The third-order valence-corrected chi connectivity index (χ3v) is 8.07. The van der Waals surface area contributed by atoms with Crippen LogP contribution in [0.5, 0.6) is 0 Å². The number of imidazole rings is 2. The molecule has 202 valence electrons. The number of fused-ring (bicyclic) bond motifs is 6. The van der Waals surface area contributed by atoms with E-state index >= 15 is 4.39 Å². The molecule has 0 aliphatic carbocycles. The highest BCUT2D eigenvalue weighted by Crippen LogP contribution is 2.57. The van der Waals surface area contributed by atoms with Gasteiger partial charge in [-0.05, 0) is 0 Å². The van der Waals surface area contributed by atoms with Gasteiger partial charge in [-0.2, -0.15) is 4.98 Å². The number of halogens is 1. The molecule has 16 nitrogen and oxygen atoms in total. The zero-order chi connectivity index (χ0) is 26.4. The standard InChI is InChI=1S/C18H20FN9O7P2S/c19-11-9-4-32-36-31-2-1-27-10(24-8-3-21-6-22-14(8)27)5-33-37(30,38)35-13(11)17(34-9)28-7-23-12-15(28)25-18(20)26-16(12)29/h3,6-7,9,11,13,17,36H,1-2,4-5H2,(H,30,38)(H3,20,25,26,29)/t9-,11+,13-,17-,37?/m1/s1. The van der Waals surface area contributed by atoms with Gasteiger partial charge in [0.05, 0.1) is 25.7 Å². The Kier molecular flexibility index (Phi) is 6.90. The molecule has 2 bridgehead atoms. The average Bonchev–Trinajstić information content (AvgIpc) is 3.54. The van der Waals surface area contributed by atoms with Crippen LogP contribution in [0.3, 0.4) is 0 Å². The van der Waals surface area contributed by atoms with Crippen LogP contribution in [0.2, 0.25) is 0 Å². The fraction of sp³-hybridized carbons (Fsp3) is 0.444. The second-order valence-electron chi connectivity index (χ2n) is 8.25. The van der Waals surface area contributed by atoms with Crippen LogP contribution in [0.4, 0.5) is 10.3 Å². The van der Waals surface area contributed by atoms with E-state index < -0.39 is 46.0 Å². The van der Waals surface area contributed by atoms with E-state index in [0.29, 0.717) is 23.5 Å². The molecule has 2 unspecified atom stereocenters. The van der Waals surface area contributed by atoms with E-state index in [1.807, 2.05) is 0 Å². The SMILES string of the molecule is Nc1nc2c(ncn2[C@@H]2O[C@@H]3COPOCCn4c(nc5cncnc54)COP(=O)(S)O[C@@H]2[C@H]3F)c(=O)[nH]1. The summed E-state index contributed by atoms with van der Waals surface area (Å²) in [6.07, 6.45) is -1.63. The number of nitrogens with one attached hydrogen (secondary N) is 1. The summed E-state index contributed by atoms with van der Waals surface area (Å²) in [5.41, 5.74) is 6.07. The molecule has 38 heavy (non-hydrogen) atoms. The van der Waals surface area contributed by atoms with Gasteiger partial charge in [0.1, 0.15) is 36.5 Å². The van der Waals surface area contributed by atoms with Gasteiger partial charge >= 0.3 is 6.80 Å². The Bertz CT molecular complexity index is 1600. The highest BCUT2D eigenvalue weighted by atomic mass is 32.7. The Labute approximate surface area is 219 Å². The van der Waals surface area contributed by atoms with Gasteiger partial charge in [-0.3, -0.25) is 23.4 Å². The lowest BCUT2D eigenvalue weighted by molar-refractivity contribution is -0.0430. The Hall–Kier alpha value is -2.56. The van der Waals surface area contributed by atoms with E-state index in [-0.39, 0.29) is 36.9 Å². The number of nitrogens with zero attached hydrogens (tertiary/aromatic N) is 7. The summed E-state index contributed by atoms with van der Waals surface area (Å²) in [4.78, 5) is 35.3. The molecule has 0 aromatic carbocycles. The molecule has 2 aliphatic rings. The van der Waals surface area contributed by atoms with Crippen LogP contribution in [0.1, 0.15) is 12.1 Å². The minimum atomic E-state index is -4.21. The monoisotopic (exact) mass is 587 g/mol. The van der Waals surface area contributed by atoms with Crippen molar-refractivity contribution in [2.75, 3.05) is 18.9 Å². The van der Waals surface area contributed by atoms with Gasteiger partial charge in [0.25, 0.3) is 5.56 Å². The maximum absolute atomic E-state index is 15.6. The molecule has 4 aromatic heterocycles. The third kappa shape index (κ3) is 4.82. The predicted octanol–water partition coefficient (Wildman–Crippen LogP) is 1.27. The van der Waals surface area contributed by atoms with E-state index in [9.17, 15) is 9.36 Å². The summed E-state index contributed by atoms with van der Waals surface area (Å²) in [5, 5.41) is 0. The van der Waals surface area contributed by atoms with Gasteiger partial charge in [-0.1, -0.05) is 12.2 Å². The van der Waals surface area contributed by atoms with E-state index in [1.165, 1.54) is 23.4 Å². The highest BCUT2D eigenvalue weighted by Gasteiger charge is 2.50. The molecular weight excluding hydrogens is 567 g/mol. The molecule has 0 amide bonds. The van der Waals surface area contributed by atoms with Crippen LogP contribution in [0.15, 0.2) is 23.6 Å². The van der Waals surface area contributed by atoms with Crippen molar-refractivity contribution < 1.29 is 31.8 Å². The summed E-state index contributed by atoms with van der Waals surface area (Å²) in [5.74, 6) is 0.175. The summed E-state index contributed by atoms with van der Waals surface area (Å²) in [6.45, 7) is -4.16. The normalized spacial score (nSPS) is 29.8. The van der Waals surface area contributed by atoms with Crippen molar-refractivity contribution in [1.82, 2.24) is 39.0 Å². The van der Waals surface area contributed by atoms with Gasteiger partial charge in [-0.25, -0.2) is 28.9 Å². The predicted molar refractivity (Wildman–Crippen MR) is 133 cm³/mol. The first kappa shape index (κ1) is 25.7. The van der Waals surface area contributed by atoms with Crippen LogP contribution in [-0.2, 0) is 40.5 Å². The molecule has 0 spiro atoms. The topological polar surface area (TPSA) is 196 Å². The largest absolute Gasteiger partial charge is 0.387 e. The molecule has 0 saturated carbocycles. The number of hydrogen-bond acceptors (Lipinski definition) is 13. The number of ether oxygens (including phenoxy) is 1. The van der Waals surface area contributed by atoms with Crippen molar-refractivity contribution in [2.24, 2.45) is 0 Å². The Morgan fingerprint density at radius 1 is 1.26 bits per heavy atom. The number of hydrogen-bond donors (Lipinski definition) is 3. The number of nitrogen functional groups attached to an aromatic ring is 1. The van der Waals surface area contributed by atoms with Gasteiger partial charge in [0.2, 0.25) is 5.95 Å². The molecule has 6 rings (SSSR count). The van der Waals surface area contributed by atoms with Gasteiger partial charge in [-0.15, -0.1) is 0 Å². The van der Waals surface area contributed by atoms with Gasteiger partial charge in [0.15, 0.2) is 38.2 Å². The molecule has 1 saturated heterocycles. The van der Waals surface area contributed by atoms with E-state index in [1.54, 1.807) is 4.57 Å². The number of H-pyrrole nitrogens is 1. The zero-order valence-corrected chi connectivity index (χ0v) is 22.0. The maximum Gasteiger partial charge on any atom is 0.387 e. The zero-order valence-electron chi connectivity index (χ0n) is 19.2. The summed E-state index contributed by atoms with van der Waals surface area (Å²) < 4.78 is 60.0. The Morgan fingerprint density at radius 2 is 2.13 bits per heavy atom. The number of nitrogens with two attached hydrogens (primary N) is 1. The lowest BCUT2D eigenvalue weighted by atomic mass is 10.1. The molecular formula is C18H20FN9O7P2S. The molecule has 1 fully saturated rings. The molecule has 0 radical (unpaired) electrons. The lowest BCUT2D eigenvalue weighted by Crippen LogP contribution is -2.31. The van der Waals surface area contributed by atoms with Crippen LogP contribution in [0.25, 0.3) is 22.3 Å².